The Morgan fingerprint density at radius 3 is 2.60 bits per heavy atom. The van der Waals surface area contributed by atoms with Crippen molar-refractivity contribution >= 4 is 10.8 Å². The number of fused-ring (bicyclic) bond motifs is 1. The maximum Gasteiger partial charge on any atom is 0.128 e. The van der Waals surface area contributed by atoms with Crippen LogP contribution in [0.3, 0.4) is 0 Å². The van der Waals surface area contributed by atoms with Crippen molar-refractivity contribution in [2.24, 2.45) is 0 Å². The van der Waals surface area contributed by atoms with Gasteiger partial charge >= 0.3 is 0 Å². The zero-order valence-corrected chi connectivity index (χ0v) is 12.1. The Morgan fingerprint density at radius 2 is 1.90 bits per heavy atom. The van der Waals surface area contributed by atoms with Crippen LogP contribution in [0.4, 0.5) is 0 Å². The minimum absolute atomic E-state index is 0.0520. The van der Waals surface area contributed by atoms with E-state index < -0.39 is 0 Å². The van der Waals surface area contributed by atoms with Crippen LogP contribution >= 0.6 is 0 Å². The highest BCUT2D eigenvalue weighted by molar-refractivity contribution is 5.89. The van der Waals surface area contributed by atoms with Gasteiger partial charge in [0, 0.05) is 29.6 Å². The third-order valence-corrected chi connectivity index (χ3v) is 3.85. The van der Waals surface area contributed by atoms with Gasteiger partial charge in [-0.2, -0.15) is 0 Å². The van der Waals surface area contributed by atoms with Crippen molar-refractivity contribution in [3.8, 4) is 5.75 Å². The molecular formula is C17H23NO2. The van der Waals surface area contributed by atoms with Gasteiger partial charge in [-0.15, -0.1) is 0 Å². The van der Waals surface area contributed by atoms with Gasteiger partial charge < -0.3 is 15.5 Å². The molecule has 0 amide bonds. The van der Waals surface area contributed by atoms with Crippen LogP contribution in [0, 0.1) is 0 Å². The Bertz CT molecular complexity index is 568. The van der Waals surface area contributed by atoms with Crippen LogP contribution in [0.25, 0.3) is 10.8 Å². The number of rotatable bonds is 6. The van der Waals surface area contributed by atoms with Gasteiger partial charge in [0.2, 0.25) is 0 Å². The van der Waals surface area contributed by atoms with Gasteiger partial charge in [-0.25, -0.2) is 0 Å². The molecule has 0 heterocycles. The maximum atomic E-state index is 10.4. The average Bonchev–Trinajstić information content (AvgIpc) is 2.47. The first-order valence-corrected chi connectivity index (χ1v) is 7.24. The van der Waals surface area contributed by atoms with Gasteiger partial charge in [0.15, 0.2) is 0 Å². The van der Waals surface area contributed by atoms with E-state index in [4.69, 9.17) is 5.11 Å². The zero-order chi connectivity index (χ0) is 14.5. The van der Waals surface area contributed by atoms with E-state index in [1.165, 1.54) is 0 Å². The number of benzene rings is 2. The molecule has 2 aromatic carbocycles. The van der Waals surface area contributed by atoms with Crippen molar-refractivity contribution in [1.29, 1.82) is 0 Å². The minimum Gasteiger partial charge on any atom is -0.507 e. The summed E-state index contributed by atoms with van der Waals surface area (Å²) in [6.07, 6.45) is 1.69. The highest BCUT2D eigenvalue weighted by Gasteiger charge is 2.15. The molecule has 0 bridgehead atoms. The monoisotopic (exact) mass is 273 g/mol. The van der Waals surface area contributed by atoms with Crippen molar-refractivity contribution in [2.75, 3.05) is 6.61 Å². The molecule has 0 saturated carbocycles. The van der Waals surface area contributed by atoms with Crippen LogP contribution in [0.1, 0.15) is 38.3 Å². The third-order valence-electron chi connectivity index (χ3n) is 3.85. The van der Waals surface area contributed by atoms with Crippen molar-refractivity contribution in [3.63, 3.8) is 0 Å². The minimum atomic E-state index is 0.0520. The van der Waals surface area contributed by atoms with Crippen LogP contribution in [-0.2, 0) is 0 Å². The number of nitrogens with one attached hydrogen (secondary N) is 1. The van der Waals surface area contributed by atoms with Crippen molar-refractivity contribution < 1.29 is 10.2 Å². The predicted octanol–water partition coefficient (Wildman–Crippen LogP) is 3.36. The summed E-state index contributed by atoms with van der Waals surface area (Å²) in [5.41, 5.74) is 0.903. The molecule has 2 rings (SSSR count). The van der Waals surface area contributed by atoms with E-state index in [0.717, 1.165) is 29.2 Å². The topological polar surface area (TPSA) is 52.5 Å². The van der Waals surface area contributed by atoms with Crippen LogP contribution in [0.15, 0.2) is 36.4 Å². The molecule has 3 nitrogen and oxygen atoms in total. The highest BCUT2D eigenvalue weighted by Crippen LogP contribution is 2.32. The van der Waals surface area contributed by atoms with Crippen molar-refractivity contribution in [3.05, 3.63) is 42.0 Å². The SMILES string of the molecule is CCC(CCO)NC(C)c1ccc2ccccc2c1O. The molecule has 2 unspecified atom stereocenters. The van der Waals surface area contributed by atoms with Gasteiger partial charge in [0.05, 0.1) is 0 Å². The van der Waals surface area contributed by atoms with E-state index in [1.54, 1.807) is 0 Å². The summed E-state index contributed by atoms with van der Waals surface area (Å²) in [6.45, 7) is 4.33. The van der Waals surface area contributed by atoms with Gasteiger partial charge in [-0.1, -0.05) is 43.3 Å². The lowest BCUT2D eigenvalue weighted by molar-refractivity contribution is 0.256. The Morgan fingerprint density at radius 1 is 1.15 bits per heavy atom. The molecular weight excluding hydrogens is 250 g/mol. The van der Waals surface area contributed by atoms with Gasteiger partial charge in [-0.05, 0) is 25.2 Å². The molecule has 0 aromatic heterocycles. The number of hydrogen-bond donors (Lipinski definition) is 3. The summed E-state index contributed by atoms with van der Waals surface area (Å²) in [4.78, 5) is 0. The molecule has 0 saturated heterocycles. The largest absolute Gasteiger partial charge is 0.507 e. The lowest BCUT2D eigenvalue weighted by Gasteiger charge is -2.23. The van der Waals surface area contributed by atoms with Crippen LogP contribution < -0.4 is 5.32 Å². The zero-order valence-electron chi connectivity index (χ0n) is 12.1. The Hall–Kier alpha value is -1.58. The van der Waals surface area contributed by atoms with Gasteiger partial charge in [0.1, 0.15) is 5.75 Å². The Balaban J connectivity index is 2.25. The summed E-state index contributed by atoms with van der Waals surface area (Å²) < 4.78 is 0. The molecule has 0 fully saturated rings. The van der Waals surface area contributed by atoms with E-state index in [0.29, 0.717) is 5.75 Å². The average molecular weight is 273 g/mol. The number of aromatic hydroxyl groups is 1. The molecule has 0 spiro atoms. The van der Waals surface area contributed by atoms with E-state index in [1.807, 2.05) is 43.3 Å². The summed E-state index contributed by atoms with van der Waals surface area (Å²) in [6, 6.07) is 12.2. The number of aliphatic hydroxyl groups is 1. The van der Waals surface area contributed by atoms with Crippen molar-refractivity contribution in [1.82, 2.24) is 5.32 Å². The number of aliphatic hydroxyl groups excluding tert-OH is 1. The fraction of sp³-hybridized carbons (Fsp3) is 0.412. The van der Waals surface area contributed by atoms with Crippen molar-refractivity contribution in [2.45, 2.75) is 38.8 Å². The number of hydrogen-bond acceptors (Lipinski definition) is 3. The molecule has 0 radical (unpaired) electrons. The van der Waals surface area contributed by atoms with Crippen LogP contribution in [0.2, 0.25) is 0 Å². The summed E-state index contributed by atoms with van der Waals surface area (Å²) in [5.74, 6) is 0.349. The quantitative estimate of drug-likeness (QED) is 0.756. The van der Waals surface area contributed by atoms with E-state index in [-0.39, 0.29) is 18.7 Å². The first-order valence-electron chi connectivity index (χ1n) is 7.24. The molecule has 108 valence electrons. The molecule has 0 aliphatic rings. The summed E-state index contributed by atoms with van der Waals surface area (Å²) in [5, 5.41) is 24.9. The van der Waals surface area contributed by atoms with Crippen LogP contribution in [-0.4, -0.2) is 22.9 Å². The molecule has 2 atom stereocenters. The first kappa shape index (κ1) is 14.8. The second kappa shape index (κ2) is 6.73. The lowest BCUT2D eigenvalue weighted by Crippen LogP contribution is -2.31. The molecule has 3 heteroatoms. The van der Waals surface area contributed by atoms with Gasteiger partial charge in [0.25, 0.3) is 0 Å². The second-order valence-electron chi connectivity index (χ2n) is 5.23. The van der Waals surface area contributed by atoms with Crippen LogP contribution in [0.5, 0.6) is 5.75 Å². The highest BCUT2D eigenvalue weighted by atomic mass is 16.3. The molecule has 20 heavy (non-hydrogen) atoms. The second-order valence-corrected chi connectivity index (χ2v) is 5.23. The predicted molar refractivity (Wildman–Crippen MR) is 82.9 cm³/mol. The molecule has 0 aliphatic carbocycles. The van der Waals surface area contributed by atoms with E-state index >= 15 is 0 Å². The number of phenolic OH excluding ortho intramolecular Hbond substituents is 1. The molecule has 0 aliphatic heterocycles. The smallest absolute Gasteiger partial charge is 0.128 e. The molecule has 3 N–H and O–H groups in total. The third kappa shape index (κ3) is 3.11. The van der Waals surface area contributed by atoms with Gasteiger partial charge in [-0.3, -0.25) is 0 Å². The summed E-state index contributed by atoms with van der Waals surface area (Å²) in [7, 11) is 0. The lowest BCUT2D eigenvalue weighted by atomic mass is 10.00. The molecule has 2 aromatic rings. The Labute approximate surface area is 120 Å². The normalized spacial score (nSPS) is 14.3. The Kier molecular flexibility index (Phi) is 4.99. The first-order chi connectivity index (χ1) is 9.67. The van der Waals surface area contributed by atoms with E-state index in [9.17, 15) is 5.11 Å². The maximum absolute atomic E-state index is 10.4. The fourth-order valence-electron chi connectivity index (χ4n) is 2.63. The summed E-state index contributed by atoms with van der Waals surface area (Å²) >= 11 is 0. The fourth-order valence-corrected chi connectivity index (χ4v) is 2.63. The standard InChI is InChI=1S/C17H23NO2/c1-3-14(10-11-19)18-12(2)15-9-8-13-6-4-5-7-16(13)17(15)20/h4-9,12,14,18-20H,3,10-11H2,1-2H3. The number of phenols is 1. The van der Waals surface area contributed by atoms with E-state index in [2.05, 4.69) is 12.2 Å².